The normalized spacial score (nSPS) is 14.9. The van der Waals surface area contributed by atoms with Gasteiger partial charge in [-0.05, 0) is 18.1 Å². The van der Waals surface area contributed by atoms with E-state index in [1.807, 2.05) is 23.4 Å². The molecular weight excluding hydrogens is 402 g/mol. The van der Waals surface area contributed by atoms with E-state index in [0.717, 1.165) is 39.3 Å². The number of piperazine rings is 1. The highest BCUT2D eigenvalue weighted by Crippen LogP contribution is 2.06. The van der Waals surface area contributed by atoms with Crippen LogP contribution in [-0.2, 0) is 11.3 Å². The zero-order valence-corrected chi connectivity index (χ0v) is 17.5. The number of carbonyl (C=O) groups excluding carboxylic acids is 1. The van der Waals surface area contributed by atoms with Gasteiger partial charge in [-0.3, -0.25) is 9.69 Å². The van der Waals surface area contributed by atoms with Crippen LogP contribution in [0.25, 0.3) is 6.08 Å². The van der Waals surface area contributed by atoms with Gasteiger partial charge < -0.3 is 21.9 Å². The summed E-state index contributed by atoms with van der Waals surface area (Å²) < 4.78 is 2.08. The highest BCUT2D eigenvalue weighted by atomic mass is 79.9. The van der Waals surface area contributed by atoms with Crippen LogP contribution in [0, 0.1) is 6.92 Å². The molecule has 144 valence electrons. The summed E-state index contributed by atoms with van der Waals surface area (Å²) in [4.78, 5) is 16.8. The molecule has 0 bridgehead atoms. The van der Waals surface area contributed by atoms with E-state index in [9.17, 15) is 4.79 Å². The molecule has 2 heterocycles. The second-order valence-corrected chi connectivity index (χ2v) is 6.86. The third-order valence-electron chi connectivity index (χ3n) is 4.84. The van der Waals surface area contributed by atoms with E-state index in [0.29, 0.717) is 6.42 Å². The zero-order valence-electron chi connectivity index (χ0n) is 15.9. The molecule has 0 N–H and O–H groups in total. The molecule has 0 spiro atoms. The van der Waals surface area contributed by atoms with E-state index in [1.54, 1.807) is 0 Å². The fourth-order valence-electron chi connectivity index (χ4n) is 3.15. The highest BCUT2D eigenvalue weighted by molar-refractivity contribution is 5.76. The molecule has 3 rings (SSSR count). The van der Waals surface area contributed by atoms with Gasteiger partial charge in [0, 0.05) is 44.9 Å². The standard InChI is InChI=1S/C22H28N3O.BrH/c1-20-9-13-24(14-10-20)15-11-22(26)25-18-16-23(17-19-25)12-5-8-21-6-3-2-4-7-21;/h2-10,13-14H,11-12,15-19H2,1H3;1H/q+1;/p-1/b8-5+;. The largest absolute Gasteiger partial charge is 1.00 e. The minimum absolute atomic E-state index is 0. The molecule has 1 aliphatic heterocycles. The van der Waals surface area contributed by atoms with Crippen LogP contribution in [0.5, 0.6) is 0 Å². The average molecular weight is 430 g/mol. The summed E-state index contributed by atoms with van der Waals surface area (Å²) in [6, 6.07) is 14.5. The number of halogens is 1. The Labute approximate surface area is 172 Å². The van der Waals surface area contributed by atoms with Crippen LogP contribution in [-0.4, -0.2) is 48.4 Å². The Bertz CT molecular complexity index is 723. The van der Waals surface area contributed by atoms with Crippen molar-refractivity contribution in [3.63, 3.8) is 0 Å². The van der Waals surface area contributed by atoms with Crippen molar-refractivity contribution in [2.45, 2.75) is 19.9 Å². The van der Waals surface area contributed by atoms with Gasteiger partial charge in [-0.15, -0.1) is 0 Å². The van der Waals surface area contributed by atoms with Crippen molar-refractivity contribution in [2.75, 3.05) is 32.7 Å². The molecule has 5 heteroatoms. The minimum Gasteiger partial charge on any atom is -1.00 e. The van der Waals surface area contributed by atoms with Crippen molar-refractivity contribution in [1.29, 1.82) is 0 Å². The summed E-state index contributed by atoms with van der Waals surface area (Å²) in [6.07, 6.45) is 9.03. The Hall–Kier alpha value is -1.98. The van der Waals surface area contributed by atoms with Crippen molar-refractivity contribution in [1.82, 2.24) is 9.80 Å². The maximum Gasteiger partial charge on any atom is 0.229 e. The molecule has 1 saturated heterocycles. The first-order valence-electron chi connectivity index (χ1n) is 9.38. The predicted molar refractivity (Wildman–Crippen MR) is 104 cm³/mol. The maximum absolute atomic E-state index is 12.4. The molecule has 0 unspecified atom stereocenters. The molecule has 1 fully saturated rings. The molecule has 1 amide bonds. The maximum atomic E-state index is 12.4. The molecule has 0 saturated carbocycles. The third-order valence-corrected chi connectivity index (χ3v) is 4.84. The van der Waals surface area contributed by atoms with E-state index >= 15 is 0 Å². The van der Waals surface area contributed by atoms with Crippen LogP contribution >= 0.6 is 0 Å². The molecule has 0 radical (unpaired) electrons. The van der Waals surface area contributed by atoms with Gasteiger partial charge in [0.25, 0.3) is 0 Å². The number of aromatic nitrogens is 1. The number of carbonyl (C=O) groups is 1. The lowest BCUT2D eigenvalue weighted by Crippen LogP contribution is -3.00. The third kappa shape index (κ3) is 6.92. The lowest BCUT2D eigenvalue weighted by molar-refractivity contribution is -0.696. The SMILES string of the molecule is Cc1cc[n+](CCC(=O)N2CCN(C/C=C/c3ccccc3)CC2)cc1.[Br-]. The van der Waals surface area contributed by atoms with Crippen molar-refractivity contribution >= 4 is 12.0 Å². The van der Waals surface area contributed by atoms with Gasteiger partial charge >= 0.3 is 0 Å². The number of nitrogens with zero attached hydrogens (tertiary/aromatic N) is 3. The second kappa shape index (κ2) is 11.0. The number of amides is 1. The Kier molecular flexibility index (Phi) is 8.69. The molecule has 2 aromatic rings. The number of aryl methyl sites for hydroxylation is 2. The van der Waals surface area contributed by atoms with Crippen LogP contribution in [0.3, 0.4) is 0 Å². The number of hydrogen-bond donors (Lipinski definition) is 0. The predicted octanol–water partition coefficient (Wildman–Crippen LogP) is -0.466. The smallest absolute Gasteiger partial charge is 0.229 e. The Morgan fingerprint density at radius 2 is 1.70 bits per heavy atom. The molecular formula is C22H28BrN3O. The van der Waals surface area contributed by atoms with Crippen molar-refractivity contribution in [2.24, 2.45) is 0 Å². The first-order valence-corrected chi connectivity index (χ1v) is 9.38. The highest BCUT2D eigenvalue weighted by Gasteiger charge is 2.21. The number of rotatable bonds is 6. The van der Waals surface area contributed by atoms with Crippen LogP contribution in [0.4, 0.5) is 0 Å². The molecule has 1 aliphatic rings. The number of pyridine rings is 1. The van der Waals surface area contributed by atoms with Crippen LogP contribution in [0.2, 0.25) is 0 Å². The topological polar surface area (TPSA) is 27.4 Å². The number of hydrogen-bond acceptors (Lipinski definition) is 2. The molecule has 27 heavy (non-hydrogen) atoms. The lowest BCUT2D eigenvalue weighted by Gasteiger charge is -2.34. The molecule has 1 aromatic heterocycles. The fraction of sp³-hybridized carbons (Fsp3) is 0.364. The van der Waals surface area contributed by atoms with E-state index in [-0.39, 0.29) is 22.9 Å². The van der Waals surface area contributed by atoms with Crippen molar-refractivity contribution in [3.05, 3.63) is 72.1 Å². The average Bonchev–Trinajstić information content (AvgIpc) is 2.69. The molecule has 0 aliphatic carbocycles. The summed E-state index contributed by atoms with van der Waals surface area (Å²) in [5, 5.41) is 0. The first-order chi connectivity index (χ1) is 12.7. The van der Waals surface area contributed by atoms with Gasteiger partial charge in [0.05, 0.1) is 6.42 Å². The quantitative estimate of drug-likeness (QED) is 0.580. The van der Waals surface area contributed by atoms with E-state index in [1.165, 1.54) is 11.1 Å². The summed E-state index contributed by atoms with van der Waals surface area (Å²) >= 11 is 0. The van der Waals surface area contributed by atoms with E-state index in [2.05, 4.69) is 64.9 Å². The summed E-state index contributed by atoms with van der Waals surface area (Å²) in [5.74, 6) is 0.262. The molecule has 0 atom stereocenters. The lowest BCUT2D eigenvalue weighted by atomic mass is 10.2. The van der Waals surface area contributed by atoms with Gasteiger partial charge in [0.1, 0.15) is 0 Å². The van der Waals surface area contributed by atoms with Crippen molar-refractivity contribution in [3.8, 4) is 0 Å². The minimum atomic E-state index is 0. The van der Waals surface area contributed by atoms with Gasteiger partial charge in [-0.2, -0.15) is 0 Å². The summed E-state index contributed by atoms with van der Waals surface area (Å²) in [7, 11) is 0. The van der Waals surface area contributed by atoms with E-state index < -0.39 is 0 Å². The van der Waals surface area contributed by atoms with Gasteiger partial charge in [-0.25, -0.2) is 4.57 Å². The van der Waals surface area contributed by atoms with Gasteiger partial charge in [0.15, 0.2) is 18.9 Å². The molecule has 1 aromatic carbocycles. The van der Waals surface area contributed by atoms with Crippen LogP contribution in [0.15, 0.2) is 60.9 Å². The monoisotopic (exact) mass is 429 g/mol. The van der Waals surface area contributed by atoms with Crippen LogP contribution in [0.1, 0.15) is 17.5 Å². The summed E-state index contributed by atoms with van der Waals surface area (Å²) in [6.45, 7) is 7.32. The Morgan fingerprint density at radius 1 is 1.04 bits per heavy atom. The Balaban J connectivity index is 0.00000261. The zero-order chi connectivity index (χ0) is 18.2. The van der Waals surface area contributed by atoms with E-state index in [4.69, 9.17) is 0 Å². The molecule has 4 nitrogen and oxygen atoms in total. The van der Waals surface area contributed by atoms with Gasteiger partial charge in [-0.1, -0.05) is 42.5 Å². The fourth-order valence-corrected chi connectivity index (χ4v) is 3.15. The Morgan fingerprint density at radius 3 is 2.37 bits per heavy atom. The van der Waals surface area contributed by atoms with Crippen LogP contribution < -0.4 is 21.5 Å². The number of benzene rings is 1. The van der Waals surface area contributed by atoms with Gasteiger partial charge in [0.2, 0.25) is 5.91 Å². The van der Waals surface area contributed by atoms with Crippen molar-refractivity contribution < 1.29 is 26.3 Å². The first kappa shape index (κ1) is 21.3. The summed E-state index contributed by atoms with van der Waals surface area (Å²) in [5.41, 5.74) is 2.47. The second-order valence-electron chi connectivity index (χ2n) is 6.86.